The monoisotopic (exact) mass is 243 g/mol. The zero-order valence-corrected chi connectivity index (χ0v) is 10.2. The van der Waals surface area contributed by atoms with Gasteiger partial charge in [0.15, 0.2) is 0 Å². The highest BCUT2D eigenvalue weighted by molar-refractivity contribution is 5.70. The zero-order valence-electron chi connectivity index (χ0n) is 10.2. The molecule has 0 heterocycles. The summed E-state index contributed by atoms with van der Waals surface area (Å²) in [6.45, 7) is 1.83. The average molecular weight is 243 g/mol. The van der Waals surface area contributed by atoms with Gasteiger partial charge in [0, 0.05) is 11.7 Å². The van der Waals surface area contributed by atoms with Crippen LogP contribution < -0.4 is 5.32 Å². The van der Waals surface area contributed by atoms with Crippen molar-refractivity contribution in [2.75, 3.05) is 12.4 Å². The number of hydrogen-bond donors (Lipinski definition) is 1. The van der Waals surface area contributed by atoms with Crippen LogP contribution in [0.4, 0.5) is 5.69 Å². The summed E-state index contributed by atoms with van der Waals surface area (Å²) in [5.74, 6) is -0.302. The molecular weight excluding hydrogens is 230 g/mol. The molecule has 0 spiro atoms. The van der Waals surface area contributed by atoms with Crippen LogP contribution in [0.15, 0.2) is 18.2 Å². The van der Waals surface area contributed by atoms with Crippen LogP contribution in [0.3, 0.4) is 0 Å². The number of benzene rings is 1. The largest absolute Gasteiger partial charge is 0.469 e. The summed E-state index contributed by atoms with van der Waals surface area (Å²) in [5, 5.41) is 20.8. The third-order valence-electron chi connectivity index (χ3n) is 2.37. The molecule has 1 aromatic rings. The maximum atomic E-state index is 11.1. The van der Waals surface area contributed by atoms with Gasteiger partial charge in [0.2, 0.25) is 0 Å². The molecule has 18 heavy (non-hydrogen) atoms. The maximum Gasteiger partial charge on any atom is 0.307 e. The van der Waals surface area contributed by atoms with E-state index in [2.05, 4.69) is 10.1 Å². The Morgan fingerprint density at radius 3 is 2.61 bits per heavy atom. The molecule has 5 heteroatoms. The SMILES string of the molecule is COC(=O)CC(C)Nc1ccc(C#N)c(C#N)c1. The minimum Gasteiger partial charge on any atom is -0.469 e. The van der Waals surface area contributed by atoms with E-state index in [9.17, 15) is 4.79 Å². The van der Waals surface area contributed by atoms with Gasteiger partial charge in [-0.2, -0.15) is 10.5 Å². The third kappa shape index (κ3) is 3.50. The van der Waals surface area contributed by atoms with Crippen LogP contribution >= 0.6 is 0 Å². The standard InChI is InChI=1S/C13H13N3O2/c1-9(5-13(17)18-2)16-12-4-3-10(7-14)11(6-12)8-15/h3-4,6,9,16H,5H2,1-2H3. The lowest BCUT2D eigenvalue weighted by Gasteiger charge is -2.14. The molecule has 0 aliphatic carbocycles. The lowest BCUT2D eigenvalue weighted by molar-refractivity contribution is -0.140. The van der Waals surface area contributed by atoms with Crippen LogP contribution in [0.5, 0.6) is 0 Å². The summed E-state index contributed by atoms with van der Waals surface area (Å²) in [4.78, 5) is 11.1. The van der Waals surface area contributed by atoms with E-state index in [1.54, 1.807) is 18.2 Å². The van der Waals surface area contributed by atoms with Gasteiger partial charge < -0.3 is 10.1 Å². The first-order valence-corrected chi connectivity index (χ1v) is 5.38. The molecule has 1 unspecified atom stereocenters. The van der Waals surface area contributed by atoms with E-state index >= 15 is 0 Å². The molecule has 0 radical (unpaired) electrons. The van der Waals surface area contributed by atoms with Crippen molar-refractivity contribution in [1.29, 1.82) is 10.5 Å². The van der Waals surface area contributed by atoms with Crippen LogP contribution in [0, 0.1) is 22.7 Å². The van der Waals surface area contributed by atoms with Gasteiger partial charge in [-0.1, -0.05) is 0 Å². The number of carbonyl (C=O) groups is 1. The van der Waals surface area contributed by atoms with E-state index in [4.69, 9.17) is 10.5 Å². The van der Waals surface area contributed by atoms with E-state index in [1.807, 2.05) is 19.1 Å². The maximum absolute atomic E-state index is 11.1. The lowest BCUT2D eigenvalue weighted by Crippen LogP contribution is -2.20. The van der Waals surface area contributed by atoms with E-state index in [-0.39, 0.29) is 18.4 Å². The van der Waals surface area contributed by atoms with Gasteiger partial charge in [0.1, 0.15) is 12.1 Å². The number of carbonyl (C=O) groups excluding carboxylic acids is 1. The van der Waals surface area contributed by atoms with Crippen LogP contribution in [0.2, 0.25) is 0 Å². The summed E-state index contributed by atoms with van der Waals surface area (Å²) < 4.78 is 4.57. The van der Waals surface area contributed by atoms with Crippen molar-refractivity contribution < 1.29 is 9.53 Å². The van der Waals surface area contributed by atoms with Gasteiger partial charge >= 0.3 is 5.97 Å². The second kappa shape index (κ2) is 6.27. The topological polar surface area (TPSA) is 85.9 Å². The zero-order chi connectivity index (χ0) is 13.5. The number of hydrogen-bond acceptors (Lipinski definition) is 5. The molecule has 0 saturated heterocycles. The predicted octanol–water partition coefficient (Wildman–Crippen LogP) is 1.79. The van der Waals surface area contributed by atoms with E-state index in [1.165, 1.54) is 7.11 Å². The first-order chi connectivity index (χ1) is 8.60. The molecule has 0 fully saturated rings. The first-order valence-electron chi connectivity index (χ1n) is 5.38. The molecule has 0 saturated carbocycles. The Hall–Kier alpha value is -2.53. The Kier molecular flexibility index (Phi) is 4.71. The summed E-state index contributed by atoms with van der Waals surface area (Å²) >= 11 is 0. The van der Waals surface area contributed by atoms with Crippen molar-refractivity contribution >= 4 is 11.7 Å². The Labute approximate surface area is 106 Å². The van der Waals surface area contributed by atoms with Gasteiger partial charge in [0.25, 0.3) is 0 Å². The molecule has 0 aromatic heterocycles. The third-order valence-corrected chi connectivity index (χ3v) is 2.37. The molecule has 0 aliphatic heterocycles. The molecule has 0 bridgehead atoms. The molecule has 1 N–H and O–H groups in total. The fourth-order valence-corrected chi connectivity index (χ4v) is 1.49. The molecule has 1 rings (SSSR count). The molecule has 1 atom stereocenters. The number of nitrogens with zero attached hydrogens (tertiary/aromatic N) is 2. The second-order valence-electron chi connectivity index (χ2n) is 3.81. The number of anilines is 1. The molecule has 5 nitrogen and oxygen atoms in total. The van der Waals surface area contributed by atoms with Crippen LogP contribution in [0.1, 0.15) is 24.5 Å². The van der Waals surface area contributed by atoms with Crippen molar-refractivity contribution in [3.63, 3.8) is 0 Å². The Bertz CT molecular complexity index is 526. The van der Waals surface area contributed by atoms with Crippen molar-refractivity contribution in [2.45, 2.75) is 19.4 Å². The Morgan fingerprint density at radius 2 is 2.06 bits per heavy atom. The molecule has 0 amide bonds. The first kappa shape index (κ1) is 13.5. The summed E-state index contributed by atoms with van der Waals surface area (Å²) in [7, 11) is 1.34. The lowest BCUT2D eigenvalue weighted by atomic mass is 10.1. The highest BCUT2D eigenvalue weighted by Crippen LogP contribution is 2.16. The molecule has 0 aliphatic rings. The Morgan fingerprint density at radius 1 is 1.39 bits per heavy atom. The van der Waals surface area contributed by atoms with E-state index < -0.39 is 0 Å². The number of nitrogens with one attached hydrogen (secondary N) is 1. The molecular formula is C13H13N3O2. The van der Waals surface area contributed by atoms with Crippen molar-refractivity contribution in [2.24, 2.45) is 0 Å². The van der Waals surface area contributed by atoms with Crippen LogP contribution in [-0.2, 0) is 9.53 Å². The number of rotatable bonds is 4. The average Bonchev–Trinajstić information content (AvgIpc) is 2.38. The highest BCUT2D eigenvalue weighted by atomic mass is 16.5. The van der Waals surface area contributed by atoms with Gasteiger partial charge in [-0.05, 0) is 25.1 Å². The van der Waals surface area contributed by atoms with Crippen molar-refractivity contribution in [1.82, 2.24) is 0 Å². The fraction of sp³-hybridized carbons (Fsp3) is 0.308. The minimum atomic E-state index is -0.302. The van der Waals surface area contributed by atoms with Crippen molar-refractivity contribution in [3.8, 4) is 12.1 Å². The quantitative estimate of drug-likeness (QED) is 0.815. The summed E-state index contributed by atoms with van der Waals surface area (Å²) in [6, 6.07) is 8.65. The second-order valence-corrected chi connectivity index (χ2v) is 3.81. The number of methoxy groups -OCH3 is 1. The summed E-state index contributed by atoms with van der Waals surface area (Å²) in [6.07, 6.45) is 0.235. The van der Waals surface area contributed by atoms with Crippen molar-refractivity contribution in [3.05, 3.63) is 29.3 Å². The molecule has 92 valence electrons. The number of esters is 1. The fourth-order valence-electron chi connectivity index (χ4n) is 1.49. The van der Waals surface area contributed by atoms with Gasteiger partial charge in [-0.25, -0.2) is 0 Å². The van der Waals surface area contributed by atoms with Crippen LogP contribution in [-0.4, -0.2) is 19.1 Å². The minimum absolute atomic E-state index is 0.114. The molecule has 1 aromatic carbocycles. The highest BCUT2D eigenvalue weighted by Gasteiger charge is 2.10. The van der Waals surface area contributed by atoms with E-state index in [0.717, 1.165) is 0 Å². The van der Waals surface area contributed by atoms with Gasteiger partial charge in [-0.15, -0.1) is 0 Å². The predicted molar refractivity (Wildman–Crippen MR) is 65.6 cm³/mol. The smallest absolute Gasteiger partial charge is 0.307 e. The Balaban J connectivity index is 2.78. The summed E-state index contributed by atoms with van der Waals surface area (Å²) in [5.41, 5.74) is 1.35. The number of nitriles is 2. The van der Waals surface area contributed by atoms with Gasteiger partial charge in [0.05, 0.1) is 24.7 Å². The number of ether oxygens (including phenoxy) is 1. The van der Waals surface area contributed by atoms with Gasteiger partial charge in [-0.3, -0.25) is 4.79 Å². The van der Waals surface area contributed by atoms with Crippen LogP contribution in [0.25, 0.3) is 0 Å². The van der Waals surface area contributed by atoms with E-state index in [0.29, 0.717) is 16.8 Å². The normalized spacial score (nSPS) is 10.9.